The number of rotatable bonds is 5. The second-order valence-electron chi connectivity index (χ2n) is 7.07. The minimum absolute atomic E-state index is 0.700. The van der Waals surface area contributed by atoms with E-state index < -0.39 is 0 Å². The van der Waals surface area contributed by atoms with Gasteiger partial charge in [0.15, 0.2) is 0 Å². The minimum Gasteiger partial charge on any atom is -0.378 e. The highest BCUT2D eigenvalue weighted by Crippen LogP contribution is 2.23. The number of hydrogen-bond donors (Lipinski definition) is 2. The zero-order valence-corrected chi connectivity index (χ0v) is 16.0. The molecule has 1 aliphatic rings. The Hall–Kier alpha value is -3.45. The zero-order valence-electron chi connectivity index (χ0n) is 16.0. The van der Waals surface area contributed by atoms with Crippen molar-refractivity contribution >= 4 is 22.5 Å². The van der Waals surface area contributed by atoms with Crippen LogP contribution in [-0.4, -0.2) is 46.5 Å². The van der Waals surface area contributed by atoms with Crippen molar-refractivity contribution in [1.29, 1.82) is 0 Å². The predicted molar refractivity (Wildman–Crippen MR) is 114 cm³/mol. The Balaban J connectivity index is 1.30. The van der Waals surface area contributed by atoms with Crippen molar-refractivity contribution in [2.75, 3.05) is 36.5 Å². The number of benzene rings is 2. The maximum atomic E-state index is 5.45. The molecule has 2 aromatic carbocycles. The van der Waals surface area contributed by atoms with Gasteiger partial charge in [0.05, 0.1) is 36.6 Å². The molecule has 0 radical (unpaired) electrons. The fraction of sp³-hybridized carbons (Fsp3) is 0.227. The summed E-state index contributed by atoms with van der Waals surface area (Å²) in [6.45, 7) is 4.15. The lowest BCUT2D eigenvalue weighted by Crippen LogP contribution is -2.36. The first-order valence-electron chi connectivity index (χ1n) is 9.77. The maximum Gasteiger partial charge on any atom is 0.145 e. The Morgan fingerprint density at radius 1 is 1.00 bits per heavy atom. The van der Waals surface area contributed by atoms with E-state index in [0.717, 1.165) is 54.3 Å². The van der Waals surface area contributed by atoms with Crippen LogP contribution in [0.3, 0.4) is 0 Å². The molecule has 0 atom stereocenters. The normalized spacial score (nSPS) is 14.3. The van der Waals surface area contributed by atoms with Crippen LogP contribution in [0.15, 0.2) is 61.1 Å². The Kier molecular flexibility index (Phi) is 4.80. The van der Waals surface area contributed by atoms with Crippen molar-refractivity contribution in [2.45, 2.75) is 6.54 Å². The largest absolute Gasteiger partial charge is 0.378 e. The zero-order chi connectivity index (χ0) is 19.5. The third-order valence-electron chi connectivity index (χ3n) is 5.13. The average molecular weight is 386 g/mol. The summed E-state index contributed by atoms with van der Waals surface area (Å²) in [5, 5.41) is 10.2. The number of morpholine rings is 1. The molecule has 29 heavy (non-hydrogen) atoms. The molecule has 146 valence electrons. The highest BCUT2D eigenvalue weighted by molar-refractivity contribution is 5.81. The topological polar surface area (TPSA) is 79.0 Å². The van der Waals surface area contributed by atoms with Crippen LogP contribution in [0.2, 0.25) is 0 Å². The van der Waals surface area contributed by atoms with E-state index in [4.69, 9.17) is 9.72 Å². The molecule has 1 saturated heterocycles. The number of aromatic nitrogens is 4. The molecule has 5 rings (SSSR count). The molecule has 2 N–H and O–H groups in total. The average Bonchev–Trinajstić information content (AvgIpc) is 3.33. The molecule has 7 heteroatoms. The Morgan fingerprint density at radius 3 is 2.79 bits per heavy atom. The van der Waals surface area contributed by atoms with Gasteiger partial charge in [0, 0.05) is 37.1 Å². The summed E-state index contributed by atoms with van der Waals surface area (Å²) in [4.78, 5) is 11.6. The quantitative estimate of drug-likeness (QED) is 0.547. The van der Waals surface area contributed by atoms with E-state index in [9.17, 15) is 0 Å². The van der Waals surface area contributed by atoms with Crippen molar-refractivity contribution < 1.29 is 4.74 Å². The summed E-state index contributed by atoms with van der Waals surface area (Å²) < 4.78 is 5.45. The summed E-state index contributed by atoms with van der Waals surface area (Å²) >= 11 is 0. The Labute approximate surface area is 168 Å². The minimum atomic E-state index is 0.700. The Bertz CT molecular complexity index is 1110. The van der Waals surface area contributed by atoms with Crippen molar-refractivity contribution in [2.24, 2.45) is 0 Å². The number of H-pyrrole nitrogens is 1. The third-order valence-corrected chi connectivity index (χ3v) is 5.13. The van der Waals surface area contributed by atoms with E-state index in [1.807, 2.05) is 24.4 Å². The molecular formula is C22H22N6O. The van der Waals surface area contributed by atoms with Crippen LogP contribution in [0, 0.1) is 0 Å². The molecule has 0 spiro atoms. The van der Waals surface area contributed by atoms with Crippen LogP contribution in [0.5, 0.6) is 0 Å². The summed E-state index contributed by atoms with van der Waals surface area (Å²) in [5.74, 6) is 0.769. The first kappa shape index (κ1) is 17.6. The lowest BCUT2D eigenvalue weighted by Gasteiger charge is -2.29. The summed E-state index contributed by atoms with van der Waals surface area (Å²) in [6.07, 6.45) is 5.46. The number of ether oxygens (including phenoxy) is 1. The van der Waals surface area contributed by atoms with Crippen LogP contribution in [0.4, 0.5) is 11.5 Å². The summed E-state index contributed by atoms with van der Waals surface area (Å²) in [7, 11) is 0. The SMILES string of the molecule is c1cc(CNc2cnc3cc(-c4cn[nH]c4)ccc3n2)cc(N2CCOCC2)c1. The van der Waals surface area contributed by atoms with Crippen molar-refractivity contribution in [3.05, 3.63) is 66.6 Å². The van der Waals surface area contributed by atoms with E-state index in [2.05, 4.69) is 49.7 Å². The van der Waals surface area contributed by atoms with Gasteiger partial charge in [0.2, 0.25) is 0 Å². The number of aromatic amines is 1. The molecule has 2 aromatic heterocycles. The molecule has 0 amide bonds. The van der Waals surface area contributed by atoms with Crippen LogP contribution in [0.1, 0.15) is 5.56 Å². The van der Waals surface area contributed by atoms with Crippen LogP contribution < -0.4 is 10.2 Å². The molecule has 0 aliphatic carbocycles. The van der Waals surface area contributed by atoms with Gasteiger partial charge in [-0.05, 0) is 35.4 Å². The molecule has 0 unspecified atom stereocenters. The maximum absolute atomic E-state index is 5.45. The molecular weight excluding hydrogens is 364 g/mol. The first-order chi connectivity index (χ1) is 14.3. The van der Waals surface area contributed by atoms with Gasteiger partial charge in [0.25, 0.3) is 0 Å². The lowest BCUT2D eigenvalue weighted by atomic mass is 10.1. The number of fused-ring (bicyclic) bond motifs is 1. The molecule has 1 fully saturated rings. The van der Waals surface area contributed by atoms with Gasteiger partial charge in [-0.1, -0.05) is 18.2 Å². The van der Waals surface area contributed by atoms with E-state index in [-0.39, 0.29) is 0 Å². The summed E-state index contributed by atoms with van der Waals surface area (Å²) in [5.41, 5.74) is 6.29. The Morgan fingerprint density at radius 2 is 1.93 bits per heavy atom. The number of anilines is 2. The smallest absolute Gasteiger partial charge is 0.145 e. The van der Waals surface area contributed by atoms with Gasteiger partial charge < -0.3 is 15.0 Å². The van der Waals surface area contributed by atoms with Gasteiger partial charge in [-0.15, -0.1) is 0 Å². The molecule has 0 bridgehead atoms. The molecule has 1 aliphatic heterocycles. The van der Waals surface area contributed by atoms with E-state index in [1.54, 1.807) is 12.4 Å². The second kappa shape index (κ2) is 7.89. The highest BCUT2D eigenvalue weighted by atomic mass is 16.5. The number of hydrogen-bond acceptors (Lipinski definition) is 6. The van der Waals surface area contributed by atoms with Gasteiger partial charge in [-0.25, -0.2) is 4.98 Å². The standard InChI is InChI=1S/C22H22N6O/c1-2-16(10-19(3-1)28-6-8-29-9-7-28)12-24-22-15-23-21-11-17(4-5-20(21)27-22)18-13-25-26-14-18/h1-5,10-11,13-15H,6-9,12H2,(H,24,27)(H,25,26). The van der Waals surface area contributed by atoms with Crippen molar-refractivity contribution in [3.63, 3.8) is 0 Å². The van der Waals surface area contributed by atoms with E-state index >= 15 is 0 Å². The van der Waals surface area contributed by atoms with E-state index in [1.165, 1.54) is 11.3 Å². The fourth-order valence-corrected chi connectivity index (χ4v) is 3.56. The van der Waals surface area contributed by atoms with Gasteiger partial charge >= 0.3 is 0 Å². The predicted octanol–water partition coefficient (Wildman–Crippen LogP) is 3.47. The van der Waals surface area contributed by atoms with Gasteiger partial charge in [-0.2, -0.15) is 5.10 Å². The van der Waals surface area contributed by atoms with Gasteiger partial charge in [-0.3, -0.25) is 10.1 Å². The highest BCUT2D eigenvalue weighted by Gasteiger charge is 2.11. The second-order valence-corrected chi connectivity index (χ2v) is 7.07. The molecule has 3 heterocycles. The fourth-order valence-electron chi connectivity index (χ4n) is 3.56. The number of nitrogens with zero attached hydrogens (tertiary/aromatic N) is 4. The van der Waals surface area contributed by atoms with Crippen molar-refractivity contribution in [3.8, 4) is 11.1 Å². The van der Waals surface area contributed by atoms with Crippen LogP contribution in [-0.2, 0) is 11.3 Å². The van der Waals surface area contributed by atoms with Crippen LogP contribution in [0.25, 0.3) is 22.2 Å². The monoisotopic (exact) mass is 386 g/mol. The third kappa shape index (κ3) is 3.90. The molecule has 0 saturated carbocycles. The van der Waals surface area contributed by atoms with E-state index in [0.29, 0.717) is 6.54 Å². The summed E-state index contributed by atoms with van der Waals surface area (Å²) in [6, 6.07) is 14.7. The first-order valence-corrected chi connectivity index (χ1v) is 9.77. The lowest BCUT2D eigenvalue weighted by molar-refractivity contribution is 0.122. The molecule has 4 aromatic rings. The number of nitrogens with one attached hydrogen (secondary N) is 2. The van der Waals surface area contributed by atoms with Crippen LogP contribution >= 0.6 is 0 Å². The molecule has 7 nitrogen and oxygen atoms in total. The van der Waals surface area contributed by atoms with Gasteiger partial charge in [0.1, 0.15) is 5.82 Å². The van der Waals surface area contributed by atoms with Crippen molar-refractivity contribution in [1.82, 2.24) is 20.2 Å².